The fourth-order valence-corrected chi connectivity index (χ4v) is 1.77. The largest absolute Gasteiger partial charge is 0.396 e. The Bertz CT molecular complexity index is 120. The maximum atomic E-state index is 9.06. The molecule has 2 aliphatic rings. The van der Waals surface area contributed by atoms with Crippen LogP contribution in [0.2, 0.25) is 0 Å². The molecule has 1 unspecified atom stereocenters. The molecule has 2 fully saturated rings. The third-order valence-electron chi connectivity index (χ3n) is 2.81. The first-order valence-electron chi connectivity index (χ1n) is 4.07. The lowest BCUT2D eigenvalue weighted by Gasteiger charge is -2.39. The van der Waals surface area contributed by atoms with Crippen molar-refractivity contribution in [3.05, 3.63) is 0 Å². The highest BCUT2D eigenvalue weighted by atomic mass is 16.6. The minimum Gasteiger partial charge on any atom is -0.396 e. The maximum Gasteiger partial charge on any atom is 0.0816 e. The molecular formula is C8H14O2. The van der Waals surface area contributed by atoms with Gasteiger partial charge in [-0.15, -0.1) is 0 Å². The van der Waals surface area contributed by atoms with E-state index < -0.39 is 0 Å². The fraction of sp³-hybridized carbons (Fsp3) is 1.00. The average molecular weight is 142 g/mol. The number of hydrogen-bond donors (Lipinski definition) is 1. The van der Waals surface area contributed by atoms with Gasteiger partial charge in [-0.3, -0.25) is 0 Å². The smallest absolute Gasteiger partial charge is 0.0816 e. The topological polar surface area (TPSA) is 32.8 Å². The van der Waals surface area contributed by atoms with Gasteiger partial charge in [-0.1, -0.05) is 6.42 Å². The molecule has 1 aliphatic heterocycles. The lowest BCUT2D eigenvalue weighted by Crippen LogP contribution is -2.34. The van der Waals surface area contributed by atoms with Crippen molar-refractivity contribution in [2.45, 2.75) is 31.8 Å². The summed E-state index contributed by atoms with van der Waals surface area (Å²) >= 11 is 0. The summed E-state index contributed by atoms with van der Waals surface area (Å²) in [6.45, 7) is 1.30. The van der Waals surface area contributed by atoms with Crippen LogP contribution in [0.25, 0.3) is 0 Å². The van der Waals surface area contributed by atoms with Crippen molar-refractivity contribution >= 4 is 0 Å². The van der Waals surface area contributed by atoms with Gasteiger partial charge < -0.3 is 9.84 Å². The van der Waals surface area contributed by atoms with Gasteiger partial charge in [0.2, 0.25) is 0 Å². The first kappa shape index (κ1) is 6.62. The van der Waals surface area contributed by atoms with Crippen molar-refractivity contribution in [3.63, 3.8) is 0 Å². The van der Waals surface area contributed by atoms with Gasteiger partial charge in [0.1, 0.15) is 0 Å². The van der Waals surface area contributed by atoms with Gasteiger partial charge >= 0.3 is 0 Å². The summed E-state index contributed by atoms with van der Waals surface area (Å²) in [6, 6.07) is 0. The van der Waals surface area contributed by atoms with Crippen LogP contribution in [0.3, 0.4) is 0 Å². The van der Waals surface area contributed by atoms with Crippen LogP contribution in [0.15, 0.2) is 0 Å². The van der Waals surface area contributed by atoms with Crippen molar-refractivity contribution in [1.82, 2.24) is 0 Å². The van der Waals surface area contributed by atoms with Crippen LogP contribution in [0.1, 0.15) is 25.7 Å². The molecular weight excluding hydrogens is 128 g/mol. The Balaban J connectivity index is 1.84. The molecule has 0 radical (unpaired) electrons. The summed E-state index contributed by atoms with van der Waals surface area (Å²) < 4.78 is 5.13. The SMILES string of the molecule is OCC1(CC2CO2)CCC1. The molecule has 2 heteroatoms. The zero-order chi connectivity index (χ0) is 7.03. The lowest BCUT2D eigenvalue weighted by molar-refractivity contribution is 0.0289. The molecule has 0 aromatic rings. The molecule has 0 spiro atoms. The standard InChI is InChI=1S/C8H14O2/c9-6-8(2-1-3-8)4-7-5-10-7/h7,9H,1-6H2. The Labute approximate surface area is 61.2 Å². The lowest BCUT2D eigenvalue weighted by atomic mass is 9.67. The van der Waals surface area contributed by atoms with E-state index in [4.69, 9.17) is 9.84 Å². The summed E-state index contributed by atoms with van der Waals surface area (Å²) in [5.41, 5.74) is 0.279. The van der Waals surface area contributed by atoms with Crippen LogP contribution in [-0.4, -0.2) is 24.4 Å². The summed E-state index contributed by atoms with van der Waals surface area (Å²) in [6.07, 6.45) is 5.32. The Morgan fingerprint density at radius 3 is 2.50 bits per heavy atom. The van der Waals surface area contributed by atoms with Gasteiger partial charge in [0, 0.05) is 6.61 Å². The second-order valence-corrected chi connectivity index (χ2v) is 3.67. The molecule has 0 aromatic heterocycles. The predicted octanol–water partition coefficient (Wildman–Crippen LogP) is 0.938. The number of aliphatic hydroxyl groups excluding tert-OH is 1. The molecule has 10 heavy (non-hydrogen) atoms. The van der Waals surface area contributed by atoms with Gasteiger partial charge in [0.25, 0.3) is 0 Å². The molecule has 1 aliphatic carbocycles. The second-order valence-electron chi connectivity index (χ2n) is 3.67. The first-order chi connectivity index (χ1) is 4.85. The highest BCUT2D eigenvalue weighted by Gasteiger charge is 2.41. The molecule has 1 saturated heterocycles. The van der Waals surface area contributed by atoms with Crippen molar-refractivity contribution in [1.29, 1.82) is 0 Å². The molecule has 1 N–H and O–H groups in total. The second kappa shape index (κ2) is 2.21. The number of rotatable bonds is 3. The van der Waals surface area contributed by atoms with E-state index in [-0.39, 0.29) is 5.41 Å². The van der Waals surface area contributed by atoms with Crippen molar-refractivity contribution in [3.8, 4) is 0 Å². The Morgan fingerprint density at radius 2 is 2.20 bits per heavy atom. The normalized spacial score (nSPS) is 35.1. The molecule has 1 saturated carbocycles. The van der Waals surface area contributed by atoms with Gasteiger partial charge in [0.05, 0.1) is 12.7 Å². The summed E-state index contributed by atoms with van der Waals surface area (Å²) in [4.78, 5) is 0. The number of aliphatic hydroxyl groups is 1. The molecule has 1 heterocycles. The van der Waals surface area contributed by atoms with Crippen LogP contribution in [0.4, 0.5) is 0 Å². The fourth-order valence-electron chi connectivity index (χ4n) is 1.77. The summed E-state index contributed by atoms with van der Waals surface area (Å²) in [5, 5.41) is 9.06. The maximum absolute atomic E-state index is 9.06. The molecule has 58 valence electrons. The van der Waals surface area contributed by atoms with E-state index in [0.29, 0.717) is 12.7 Å². The minimum atomic E-state index is 0.279. The van der Waals surface area contributed by atoms with Crippen molar-refractivity contribution in [2.75, 3.05) is 13.2 Å². The minimum absolute atomic E-state index is 0.279. The predicted molar refractivity (Wildman–Crippen MR) is 37.7 cm³/mol. The van der Waals surface area contributed by atoms with Crippen LogP contribution in [0, 0.1) is 5.41 Å². The Hall–Kier alpha value is -0.0800. The van der Waals surface area contributed by atoms with Crippen LogP contribution >= 0.6 is 0 Å². The highest BCUT2D eigenvalue weighted by Crippen LogP contribution is 2.46. The van der Waals surface area contributed by atoms with Crippen LogP contribution < -0.4 is 0 Å². The van der Waals surface area contributed by atoms with E-state index in [9.17, 15) is 0 Å². The van der Waals surface area contributed by atoms with E-state index in [1.165, 1.54) is 19.3 Å². The quantitative estimate of drug-likeness (QED) is 0.595. The molecule has 2 nitrogen and oxygen atoms in total. The van der Waals surface area contributed by atoms with E-state index in [2.05, 4.69) is 0 Å². The van der Waals surface area contributed by atoms with E-state index in [1.807, 2.05) is 0 Å². The third-order valence-corrected chi connectivity index (χ3v) is 2.81. The Morgan fingerprint density at radius 1 is 1.50 bits per heavy atom. The molecule has 1 atom stereocenters. The van der Waals surface area contributed by atoms with Crippen LogP contribution in [0.5, 0.6) is 0 Å². The van der Waals surface area contributed by atoms with Gasteiger partial charge in [-0.05, 0) is 24.7 Å². The van der Waals surface area contributed by atoms with Crippen molar-refractivity contribution < 1.29 is 9.84 Å². The average Bonchev–Trinajstić information content (AvgIpc) is 2.62. The third kappa shape index (κ3) is 1.06. The summed E-state index contributed by atoms with van der Waals surface area (Å²) in [7, 11) is 0. The van der Waals surface area contributed by atoms with Crippen LogP contribution in [-0.2, 0) is 4.74 Å². The number of hydrogen-bond acceptors (Lipinski definition) is 2. The molecule has 2 rings (SSSR count). The Kier molecular flexibility index (Phi) is 1.46. The zero-order valence-electron chi connectivity index (χ0n) is 6.18. The van der Waals surface area contributed by atoms with Crippen molar-refractivity contribution in [2.24, 2.45) is 5.41 Å². The highest BCUT2D eigenvalue weighted by molar-refractivity contribution is 4.91. The zero-order valence-corrected chi connectivity index (χ0v) is 6.18. The van der Waals surface area contributed by atoms with E-state index in [0.717, 1.165) is 13.0 Å². The van der Waals surface area contributed by atoms with Gasteiger partial charge in [0.15, 0.2) is 0 Å². The first-order valence-corrected chi connectivity index (χ1v) is 4.07. The van der Waals surface area contributed by atoms with E-state index >= 15 is 0 Å². The number of epoxide rings is 1. The monoisotopic (exact) mass is 142 g/mol. The number of ether oxygens (including phenoxy) is 1. The summed E-state index contributed by atoms with van der Waals surface area (Å²) in [5.74, 6) is 0. The van der Waals surface area contributed by atoms with Gasteiger partial charge in [-0.25, -0.2) is 0 Å². The van der Waals surface area contributed by atoms with Gasteiger partial charge in [-0.2, -0.15) is 0 Å². The molecule has 0 amide bonds. The molecule has 0 bridgehead atoms. The molecule has 0 aromatic carbocycles. The van der Waals surface area contributed by atoms with E-state index in [1.54, 1.807) is 0 Å².